The van der Waals surface area contributed by atoms with Crippen LogP contribution in [0.15, 0.2) is 18.2 Å². The lowest BCUT2D eigenvalue weighted by Gasteiger charge is -2.14. The Hall–Kier alpha value is -1.56. The van der Waals surface area contributed by atoms with E-state index in [0.717, 1.165) is 12.2 Å². The monoisotopic (exact) mass is 231 g/mol. The SMILES string of the molecule is CCCCCCC(C)Nc1cccc(C#N)n1. The van der Waals surface area contributed by atoms with Gasteiger partial charge in [0.05, 0.1) is 0 Å². The minimum atomic E-state index is 0.410. The highest BCUT2D eigenvalue weighted by atomic mass is 15.0. The van der Waals surface area contributed by atoms with Crippen molar-refractivity contribution in [2.75, 3.05) is 5.32 Å². The Morgan fingerprint density at radius 2 is 2.18 bits per heavy atom. The van der Waals surface area contributed by atoms with Crippen LogP contribution in [-0.4, -0.2) is 11.0 Å². The molecule has 0 spiro atoms. The van der Waals surface area contributed by atoms with E-state index in [-0.39, 0.29) is 0 Å². The molecule has 0 bridgehead atoms. The van der Waals surface area contributed by atoms with E-state index >= 15 is 0 Å². The lowest BCUT2D eigenvalue weighted by molar-refractivity contribution is 0.593. The summed E-state index contributed by atoms with van der Waals surface area (Å²) in [5.41, 5.74) is 0.466. The molecule has 1 N–H and O–H groups in total. The average molecular weight is 231 g/mol. The summed E-state index contributed by atoms with van der Waals surface area (Å²) in [4.78, 5) is 4.20. The van der Waals surface area contributed by atoms with Gasteiger partial charge in [-0.05, 0) is 25.5 Å². The zero-order valence-corrected chi connectivity index (χ0v) is 10.7. The molecule has 0 aliphatic rings. The Morgan fingerprint density at radius 1 is 1.35 bits per heavy atom. The molecule has 17 heavy (non-hydrogen) atoms. The van der Waals surface area contributed by atoms with Gasteiger partial charge in [-0.15, -0.1) is 0 Å². The first-order chi connectivity index (χ1) is 8.26. The van der Waals surface area contributed by atoms with E-state index in [2.05, 4.69) is 24.1 Å². The standard InChI is InChI=1S/C14H21N3/c1-3-4-5-6-8-12(2)16-14-10-7-9-13(11-15)17-14/h7,9-10,12H,3-6,8H2,1-2H3,(H,16,17). The Balaban J connectivity index is 2.34. The van der Waals surface area contributed by atoms with Gasteiger partial charge in [0, 0.05) is 6.04 Å². The molecule has 0 amide bonds. The number of hydrogen-bond acceptors (Lipinski definition) is 3. The van der Waals surface area contributed by atoms with E-state index in [9.17, 15) is 0 Å². The zero-order chi connectivity index (χ0) is 12.5. The van der Waals surface area contributed by atoms with Crippen LogP contribution in [0.2, 0.25) is 0 Å². The van der Waals surface area contributed by atoms with Gasteiger partial charge < -0.3 is 5.32 Å². The molecule has 1 rings (SSSR count). The third-order valence-electron chi connectivity index (χ3n) is 2.75. The van der Waals surface area contributed by atoms with Crippen molar-refractivity contribution in [3.63, 3.8) is 0 Å². The fraction of sp³-hybridized carbons (Fsp3) is 0.571. The number of anilines is 1. The van der Waals surface area contributed by atoms with Crippen LogP contribution in [0.1, 0.15) is 51.6 Å². The summed E-state index contributed by atoms with van der Waals surface area (Å²) in [7, 11) is 0. The summed E-state index contributed by atoms with van der Waals surface area (Å²) in [5, 5.41) is 12.1. The van der Waals surface area contributed by atoms with E-state index in [0.29, 0.717) is 11.7 Å². The molecule has 0 aliphatic carbocycles. The summed E-state index contributed by atoms with van der Waals surface area (Å²) < 4.78 is 0. The zero-order valence-electron chi connectivity index (χ0n) is 10.7. The molecule has 0 saturated carbocycles. The molecule has 1 aromatic heterocycles. The normalized spacial score (nSPS) is 11.8. The van der Waals surface area contributed by atoms with Crippen molar-refractivity contribution in [1.29, 1.82) is 5.26 Å². The number of unbranched alkanes of at least 4 members (excludes halogenated alkanes) is 3. The van der Waals surface area contributed by atoms with E-state index in [1.54, 1.807) is 6.07 Å². The third kappa shape index (κ3) is 5.35. The van der Waals surface area contributed by atoms with E-state index in [1.807, 2.05) is 18.2 Å². The van der Waals surface area contributed by atoms with Crippen molar-refractivity contribution >= 4 is 5.82 Å². The first kappa shape index (κ1) is 13.5. The maximum absolute atomic E-state index is 8.76. The van der Waals surface area contributed by atoms with Crippen LogP contribution in [-0.2, 0) is 0 Å². The molecule has 0 radical (unpaired) electrons. The second-order valence-electron chi connectivity index (χ2n) is 4.41. The Kier molecular flexibility index (Phi) is 6.09. The number of nitrogens with one attached hydrogen (secondary N) is 1. The average Bonchev–Trinajstić information content (AvgIpc) is 2.35. The molecule has 1 atom stereocenters. The lowest BCUT2D eigenvalue weighted by Crippen LogP contribution is -2.15. The number of aromatic nitrogens is 1. The van der Waals surface area contributed by atoms with E-state index in [1.165, 1.54) is 25.7 Å². The number of nitrogens with zero attached hydrogens (tertiary/aromatic N) is 2. The number of hydrogen-bond donors (Lipinski definition) is 1. The van der Waals surface area contributed by atoms with Crippen LogP contribution in [0.5, 0.6) is 0 Å². The molecule has 1 aromatic rings. The van der Waals surface area contributed by atoms with Crippen molar-refractivity contribution < 1.29 is 0 Å². The topological polar surface area (TPSA) is 48.7 Å². The van der Waals surface area contributed by atoms with Crippen molar-refractivity contribution in [3.05, 3.63) is 23.9 Å². The Bertz CT molecular complexity index is 368. The van der Waals surface area contributed by atoms with Gasteiger partial charge in [0.1, 0.15) is 17.6 Å². The van der Waals surface area contributed by atoms with Crippen LogP contribution in [0, 0.1) is 11.3 Å². The van der Waals surface area contributed by atoms with Crippen LogP contribution in [0.4, 0.5) is 5.82 Å². The van der Waals surface area contributed by atoms with Gasteiger partial charge in [-0.2, -0.15) is 5.26 Å². The molecule has 0 fully saturated rings. The molecule has 0 aromatic carbocycles. The predicted molar refractivity (Wildman–Crippen MR) is 70.8 cm³/mol. The molecular formula is C14H21N3. The largest absolute Gasteiger partial charge is 0.368 e. The van der Waals surface area contributed by atoms with E-state index < -0.39 is 0 Å². The molecule has 1 heterocycles. The number of nitriles is 1. The molecule has 3 heteroatoms. The van der Waals surface area contributed by atoms with Crippen LogP contribution in [0.3, 0.4) is 0 Å². The van der Waals surface area contributed by atoms with Crippen molar-refractivity contribution in [2.45, 2.75) is 52.0 Å². The number of pyridine rings is 1. The second kappa shape index (κ2) is 7.67. The maximum Gasteiger partial charge on any atom is 0.142 e. The molecule has 1 unspecified atom stereocenters. The van der Waals surface area contributed by atoms with Gasteiger partial charge in [-0.3, -0.25) is 0 Å². The summed E-state index contributed by atoms with van der Waals surface area (Å²) >= 11 is 0. The highest BCUT2D eigenvalue weighted by Gasteiger charge is 2.03. The van der Waals surface area contributed by atoms with E-state index in [4.69, 9.17) is 5.26 Å². The first-order valence-corrected chi connectivity index (χ1v) is 6.40. The highest BCUT2D eigenvalue weighted by Crippen LogP contribution is 2.10. The van der Waals surface area contributed by atoms with Crippen molar-refractivity contribution in [2.24, 2.45) is 0 Å². The van der Waals surface area contributed by atoms with Gasteiger partial charge in [-0.1, -0.05) is 38.7 Å². The molecule has 0 aliphatic heterocycles. The van der Waals surface area contributed by atoms with Crippen LogP contribution in [0.25, 0.3) is 0 Å². The smallest absolute Gasteiger partial charge is 0.142 e. The fourth-order valence-electron chi connectivity index (χ4n) is 1.78. The summed E-state index contributed by atoms with van der Waals surface area (Å²) in [6.07, 6.45) is 6.29. The fourth-order valence-corrected chi connectivity index (χ4v) is 1.78. The van der Waals surface area contributed by atoms with Crippen molar-refractivity contribution in [1.82, 2.24) is 4.98 Å². The summed E-state index contributed by atoms with van der Waals surface area (Å²) in [5.74, 6) is 0.798. The van der Waals surface area contributed by atoms with Crippen LogP contribution >= 0.6 is 0 Å². The van der Waals surface area contributed by atoms with Gasteiger partial charge in [0.25, 0.3) is 0 Å². The summed E-state index contributed by atoms with van der Waals surface area (Å²) in [6, 6.07) is 7.94. The van der Waals surface area contributed by atoms with Gasteiger partial charge in [0.15, 0.2) is 0 Å². The third-order valence-corrected chi connectivity index (χ3v) is 2.75. The quantitative estimate of drug-likeness (QED) is 0.727. The minimum absolute atomic E-state index is 0.410. The lowest BCUT2D eigenvalue weighted by atomic mass is 10.1. The molecule has 0 saturated heterocycles. The predicted octanol–water partition coefficient (Wildman–Crippen LogP) is 3.72. The highest BCUT2D eigenvalue weighted by molar-refractivity contribution is 5.38. The first-order valence-electron chi connectivity index (χ1n) is 6.40. The van der Waals surface area contributed by atoms with Crippen molar-refractivity contribution in [3.8, 4) is 6.07 Å². The Labute approximate surface area is 104 Å². The minimum Gasteiger partial charge on any atom is -0.368 e. The Morgan fingerprint density at radius 3 is 2.88 bits per heavy atom. The van der Waals surface area contributed by atoms with Gasteiger partial charge >= 0.3 is 0 Å². The molecule has 92 valence electrons. The number of rotatable bonds is 7. The molecule has 3 nitrogen and oxygen atoms in total. The maximum atomic E-state index is 8.76. The second-order valence-corrected chi connectivity index (χ2v) is 4.41. The van der Waals surface area contributed by atoms with Crippen LogP contribution < -0.4 is 5.32 Å². The molecular weight excluding hydrogens is 210 g/mol. The van der Waals surface area contributed by atoms with Gasteiger partial charge in [-0.25, -0.2) is 4.98 Å². The summed E-state index contributed by atoms with van der Waals surface area (Å²) in [6.45, 7) is 4.38. The van der Waals surface area contributed by atoms with Gasteiger partial charge in [0.2, 0.25) is 0 Å².